The molecule has 1 aromatic carbocycles. The maximum absolute atomic E-state index is 12.0. The number of carbonyl (C=O) groups excluding carboxylic acids is 2. The Kier molecular flexibility index (Phi) is 5.22. The molecule has 132 valence electrons. The predicted molar refractivity (Wildman–Crippen MR) is 87.8 cm³/mol. The minimum absolute atomic E-state index is 0.0382. The zero-order chi connectivity index (χ0) is 18.6. The van der Waals surface area contributed by atoms with Crippen LogP contribution in [0.15, 0.2) is 18.2 Å². The van der Waals surface area contributed by atoms with Crippen molar-refractivity contribution in [3.8, 4) is 6.07 Å². The fourth-order valence-electron chi connectivity index (χ4n) is 2.44. The highest BCUT2D eigenvalue weighted by molar-refractivity contribution is 5.93. The lowest BCUT2D eigenvalue weighted by molar-refractivity contribution is -0.384. The third kappa shape index (κ3) is 4.23. The molecule has 0 aromatic heterocycles. The predicted octanol–water partition coefficient (Wildman–Crippen LogP) is 1.60. The van der Waals surface area contributed by atoms with Crippen LogP contribution >= 0.6 is 0 Å². The van der Waals surface area contributed by atoms with E-state index in [2.05, 4.69) is 16.7 Å². The molecule has 25 heavy (non-hydrogen) atoms. The summed E-state index contributed by atoms with van der Waals surface area (Å²) < 4.78 is 4.89. The second-order valence-electron chi connectivity index (χ2n) is 5.95. The number of nitriles is 1. The van der Waals surface area contributed by atoms with Crippen molar-refractivity contribution in [1.82, 2.24) is 5.32 Å². The van der Waals surface area contributed by atoms with Gasteiger partial charge in [-0.3, -0.25) is 14.9 Å². The van der Waals surface area contributed by atoms with E-state index in [0.29, 0.717) is 0 Å². The smallest absolute Gasteiger partial charge is 0.338 e. The maximum Gasteiger partial charge on any atom is 0.338 e. The van der Waals surface area contributed by atoms with Crippen LogP contribution in [-0.2, 0) is 9.53 Å². The number of hydrogen-bond donors (Lipinski definition) is 2. The molecular formula is C16H18N4O5. The second-order valence-corrected chi connectivity index (χ2v) is 5.95. The number of nitrogens with zero attached hydrogens (tertiary/aromatic N) is 2. The number of carbonyl (C=O) groups is 2. The Morgan fingerprint density at radius 3 is 2.68 bits per heavy atom. The van der Waals surface area contributed by atoms with Gasteiger partial charge in [-0.15, -0.1) is 0 Å². The minimum atomic E-state index is -0.975. The van der Waals surface area contributed by atoms with E-state index >= 15 is 0 Å². The molecule has 2 N–H and O–H groups in total. The highest BCUT2D eigenvalue weighted by Gasteiger charge is 2.43. The lowest BCUT2D eigenvalue weighted by Crippen LogP contribution is -2.48. The molecule has 0 radical (unpaired) electrons. The van der Waals surface area contributed by atoms with Gasteiger partial charge in [-0.2, -0.15) is 5.26 Å². The van der Waals surface area contributed by atoms with Crippen LogP contribution in [0.4, 0.5) is 11.4 Å². The topological polar surface area (TPSA) is 134 Å². The molecular weight excluding hydrogens is 328 g/mol. The lowest BCUT2D eigenvalue weighted by atomic mass is 9.98. The molecule has 0 heterocycles. The Hall–Kier alpha value is -3.15. The number of esters is 1. The number of nitrogens with one attached hydrogen (secondary N) is 2. The fraction of sp³-hybridized carbons (Fsp3) is 0.438. The van der Waals surface area contributed by atoms with Gasteiger partial charge in [0, 0.05) is 13.1 Å². The van der Waals surface area contributed by atoms with Gasteiger partial charge in [0.05, 0.1) is 16.6 Å². The Balaban J connectivity index is 1.98. The quantitative estimate of drug-likeness (QED) is 0.435. The number of nitro benzene ring substituents is 1. The van der Waals surface area contributed by atoms with E-state index in [1.54, 1.807) is 6.92 Å². The average molecular weight is 346 g/mol. The third-order valence-corrected chi connectivity index (χ3v) is 4.06. The summed E-state index contributed by atoms with van der Waals surface area (Å²) in [7, 11) is 1.52. The summed E-state index contributed by atoms with van der Waals surface area (Å²) in [6, 6.07) is 5.90. The summed E-state index contributed by atoms with van der Waals surface area (Å²) in [5.41, 5.74) is -1.03. The molecule has 0 unspecified atom stereocenters. The van der Waals surface area contributed by atoms with Gasteiger partial charge in [0.25, 0.3) is 11.6 Å². The van der Waals surface area contributed by atoms with E-state index in [0.717, 1.165) is 18.9 Å². The van der Waals surface area contributed by atoms with Crippen molar-refractivity contribution in [2.75, 3.05) is 19.0 Å². The van der Waals surface area contributed by atoms with E-state index in [9.17, 15) is 25.0 Å². The van der Waals surface area contributed by atoms with Crippen LogP contribution < -0.4 is 10.6 Å². The zero-order valence-electron chi connectivity index (χ0n) is 13.9. The highest BCUT2D eigenvalue weighted by Crippen LogP contribution is 2.39. The summed E-state index contributed by atoms with van der Waals surface area (Å²) in [6.45, 7) is 1.06. The van der Waals surface area contributed by atoms with Crippen molar-refractivity contribution >= 4 is 23.3 Å². The molecule has 2 rings (SSSR count). The molecule has 0 bridgehead atoms. The zero-order valence-corrected chi connectivity index (χ0v) is 13.9. The van der Waals surface area contributed by atoms with Crippen LogP contribution in [0.1, 0.15) is 30.1 Å². The first kappa shape index (κ1) is 18.2. The molecule has 9 heteroatoms. The highest BCUT2D eigenvalue weighted by atomic mass is 16.6. The van der Waals surface area contributed by atoms with Gasteiger partial charge in [0.2, 0.25) is 0 Å². The normalized spacial score (nSPS) is 15.4. The van der Waals surface area contributed by atoms with E-state index in [1.807, 2.05) is 0 Å². The van der Waals surface area contributed by atoms with Crippen molar-refractivity contribution in [2.45, 2.75) is 25.3 Å². The minimum Gasteiger partial charge on any atom is -0.452 e. The van der Waals surface area contributed by atoms with Crippen LogP contribution in [-0.4, -0.2) is 36.0 Å². The monoisotopic (exact) mass is 346 g/mol. The molecule has 1 atom stereocenters. The SMILES string of the molecule is CNc1ccc(C(=O)OCC(=O)N[C@](C)(C#N)C2CC2)cc1[N+](=O)[O-]. The summed E-state index contributed by atoms with van der Waals surface area (Å²) in [4.78, 5) is 34.3. The Morgan fingerprint density at radius 2 is 2.16 bits per heavy atom. The molecule has 9 nitrogen and oxygen atoms in total. The van der Waals surface area contributed by atoms with E-state index in [-0.39, 0.29) is 22.9 Å². The van der Waals surface area contributed by atoms with E-state index in [4.69, 9.17) is 4.74 Å². The van der Waals surface area contributed by atoms with Gasteiger partial charge in [-0.1, -0.05) is 0 Å². The van der Waals surface area contributed by atoms with Crippen LogP contribution in [0.3, 0.4) is 0 Å². The molecule has 0 spiro atoms. The van der Waals surface area contributed by atoms with E-state index in [1.165, 1.54) is 19.2 Å². The van der Waals surface area contributed by atoms with Crippen molar-refractivity contribution < 1.29 is 19.2 Å². The molecule has 1 aromatic rings. The number of amides is 1. The number of ether oxygens (including phenoxy) is 1. The first-order valence-corrected chi connectivity index (χ1v) is 7.66. The summed E-state index contributed by atoms with van der Waals surface area (Å²) in [5.74, 6) is -1.34. The molecule has 1 aliphatic carbocycles. The molecule has 0 saturated heterocycles. The third-order valence-electron chi connectivity index (χ3n) is 4.06. The van der Waals surface area contributed by atoms with Crippen LogP contribution in [0, 0.1) is 27.4 Å². The number of nitro groups is 1. The number of rotatable bonds is 7. The van der Waals surface area contributed by atoms with Crippen molar-refractivity contribution in [1.29, 1.82) is 5.26 Å². The van der Waals surface area contributed by atoms with E-state index < -0.39 is 28.9 Å². The molecule has 0 aliphatic heterocycles. The average Bonchev–Trinajstić information content (AvgIpc) is 3.44. The Bertz CT molecular complexity index is 753. The number of hydrogen-bond acceptors (Lipinski definition) is 7. The van der Waals surface area contributed by atoms with Gasteiger partial charge < -0.3 is 15.4 Å². The Morgan fingerprint density at radius 1 is 1.48 bits per heavy atom. The van der Waals surface area contributed by atoms with Gasteiger partial charge in [0.1, 0.15) is 11.2 Å². The molecule has 1 saturated carbocycles. The summed E-state index contributed by atoms with van der Waals surface area (Å²) in [5, 5.41) is 25.4. The second kappa shape index (κ2) is 7.17. The van der Waals surface area contributed by atoms with Crippen molar-refractivity contribution in [2.24, 2.45) is 5.92 Å². The van der Waals surface area contributed by atoms with Gasteiger partial charge in [-0.25, -0.2) is 4.79 Å². The van der Waals surface area contributed by atoms with Gasteiger partial charge in [0.15, 0.2) is 6.61 Å². The molecule has 1 amide bonds. The van der Waals surface area contributed by atoms with Gasteiger partial charge >= 0.3 is 5.97 Å². The number of benzene rings is 1. The molecule has 1 aliphatic rings. The standard InChI is InChI=1S/C16H18N4O5/c1-16(9-17,11-4-5-11)19-14(21)8-25-15(22)10-3-6-12(18-2)13(7-10)20(23)24/h3,6-7,11,18H,4-5,8H2,1-2H3,(H,19,21)/t16-/m1/s1. The maximum atomic E-state index is 12.0. The van der Waals surface area contributed by atoms with Crippen molar-refractivity contribution in [3.63, 3.8) is 0 Å². The summed E-state index contributed by atoms with van der Waals surface area (Å²) in [6.07, 6.45) is 1.73. The van der Waals surface area contributed by atoms with Crippen LogP contribution in [0.5, 0.6) is 0 Å². The van der Waals surface area contributed by atoms with Crippen LogP contribution in [0.2, 0.25) is 0 Å². The fourth-order valence-corrected chi connectivity index (χ4v) is 2.44. The first-order chi connectivity index (χ1) is 11.8. The first-order valence-electron chi connectivity index (χ1n) is 7.66. The van der Waals surface area contributed by atoms with Crippen LogP contribution in [0.25, 0.3) is 0 Å². The van der Waals surface area contributed by atoms with Crippen molar-refractivity contribution in [3.05, 3.63) is 33.9 Å². The van der Waals surface area contributed by atoms with Gasteiger partial charge in [-0.05, 0) is 37.8 Å². The summed E-state index contributed by atoms with van der Waals surface area (Å²) >= 11 is 0. The number of anilines is 1. The Labute approximate surface area is 144 Å². The largest absolute Gasteiger partial charge is 0.452 e. The lowest BCUT2D eigenvalue weighted by Gasteiger charge is -2.22. The molecule has 1 fully saturated rings.